The fourth-order valence-corrected chi connectivity index (χ4v) is 15.5. The van der Waals surface area contributed by atoms with Crippen molar-refractivity contribution in [2.75, 3.05) is 0 Å². The van der Waals surface area contributed by atoms with Gasteiger partial charge in [-0.2, -0.15) is 0 Å². The molecule has 0 aromatic heterocycles. The van der Waals surface area contributed by atoms with Crippen LogP contribution in [0.1, 0.15) is 35.5 Å². The molecular formula is C14H20F2SiZr. The van der Waals surface area contributed by atoms with Gasteiger partial charge < -0.3 is 9.41 Å². The summed E-state index contributed by atoms with van der Waals surface area (Å²) in [6, 6.07) is 12.1. The van der Waals surface area contributed by atoms with Crippen molar-refractivity contribution in [2.24, 2.45) is 0 Å². The number of fused-ring (bicyclic) bond motifs is 1. The van der Waals surface area contributed by atoms with Crippen LogP contribution in [0.5, 0.6) is 0 Å². The molecule has 1 aliphatic carbocycles. The quantitative estimate of drug-likeness (QED) is 0.554. The minimum atomic E-state index is -0.313. The second-order valence-electron chi connectivity index (χ2n) is 4.63. The second kappa shape index (κ2) is 8.16. The predicted octanol–water partition coefficient (Wildman–Crippen LogP) is -2.00. The molecule has 1 aromatic rings. The summed E-state index contributed by atoms with van der Waals surface area (Å²) >= 11 is -0.186. The van der Waals surface area contributed by atoms with E-state index >= 15 is 0 Å². The first-order chi connectivity index (χ1) is 7.76. The van der Waals surface area contributed by atoms with E-state index < -0.39 is 0 Å². The van der Waals surface area contributed by atoms with Gasteiger partial charge in [-0.15, -0.1) is 0 Å². The molecule has 18 heavy (non-hydrogen) atoms. The van der Waals surface area contributed by atoms with Crippen LogP contribution in [-0.2, 0) is 22.4 Å². The molecule has 1 unspecified atom stereocenters. The molecule has 0 saturated carbocycles. The van der Waals surface area contributed by atoms with Gasteiger partial charge in [-0.3, -0.25) is 0 Å². The number of hydrogen-bond acceptors (Lipinski definition) is 0. The molecule has 0 aliphatic heterocycles. The first kappa shape index (κ1) is 17.9. The summed E-state index contributed by atoms with van der Waals surface area (Å²) < 4.78 is 0.913. The van der Waals surface area contributed by atoms with Crippen molar-refractivity contribution in [3.05, 3.63) is 41.0 Å². The summed E-state index contributed by atoms with van der Waals surface area (Å²) in [6.45, 7) is 7.19. The Morgan fingerprint density at radius 1 is 1.11 bits per heavy atom. The fourth-order valence-electron chi connectivity index (χ4n) is 2.46. The molecule has 1 aliphatic rings. The van der Waals surface area contributed by atoms with E-state index in [1.165, 1.54) is 17.7 Å². The maximum atomic E-state index is 2.43. The van der Waals surface area contributed by atoms with Crippen molar-refractivity contribution in [2.45, 2.75) is 36.5 Å². The predicted molar refractivity (Wildman–Crippen MR) is 70.9 cm³/mol. The van der Waals surface area contributed by atoms with Crippen LogP contribution in [0.4, 0.5) is 0 Å². The molecule has 98 valence electrons. The molecule has 0 spiro atoms. The molecule has 1 aromatic carbocycles. The third-order valence-corrected chi connectivity index (χ3v) is 20.1. The molecule has 0 heterocycles. The Hall–Kier alpha value is -0.0800. The molecule has 0 nitrogen and oxygen atoms in total. The van der Waals surface area contributed by atoms with Crippen molar-refractivity contribution in [1.82, 2.24) is 0 Å². The fraction of sp³-hybridized carbons (Fsp3) is 0.429. The van der Waals surface area contributed by atoms with Crippen molar-refractivity contribution >= 4 is 12.0 Å². The molecule has 4 heteroatoms. The van der Waals surface area contributed by atoms with Crippen LogP contribution >= 0.6 is 0 Å². The summed E-state index contributed by atoms with van der Waals surface area (Å²) in [5.74, 6) is -0.313. The van der Waals surface area contributed by atoms with Gasteiger partial charge in [0.2, 0.25) is 0 Å². The van der Waals surface area contributed by atoms with Crippen LogP contribution < -0.4 is 9.41 Å². The van der Waals surface area contributed by atoms with E-state index in [-0.39, 0.29) is 37.7 Å². The largest absolute Gasteiger partial charge is 1.00 e. The first-order valence-electron chi connectivity index (χ1n) is 6.29. The zero-order valence-electron chi connectivity index (χ0n) is 11.2. The molecule has 0 saturated heterocycles. The van der Waals surface area contributed by atoms with Crippen LogP contribution in [0.3, 0.4) is 0 Å². The van der Waals surface area contributed by atoms with E-state index in [9.17, 15) is 0 Å². The Balaban J connectivity index is 0.00000144. The van der Waals surface area contributed by atoms with Gasteiger partial charge in [0.15, 0.2) is 0 Å². The summed E-state index contributed by atoms with van der Waals surface area (Å²) in [5.41, 5.74) is 4.82. The van der Waals surface area contributed by atoms with E-state index in [1.807, 2.05) is 0 Å². The molecule has 0 fully saturated rings. The average Bonchev–Trinajstić information content (AvgIpc) is 2.62. The van der Waals surface area contributed by atoms with Gasteiger partial charge >= 0.3 is 112 Å². The van der Waals surface area contributed by atoms with Gasteiger partial charge in [-0.1, -0.05) is 0 Å². The summed E-state index contributed by atoms with van der Waals surface area (Å²) in [6.07, 6.45) is 2.43. The number of benzene rings is 1. The molecular weight excluding hydrogens is 325 g/mol. The monoisotopic (exact) mass is 344 g/mol. The third-order valence-electron chi connectivity index (χ3n) is 3.53. The third kappa shape index (κ3) is 3.71. The zero-order valence-corrected chi connectivity index (χ0v) is 14.8. The SMILES string of the molecule is CC[SiH](CC)[Zr+2][CH]1C(C)=Cc2ccccc21.[F-].[F-]. The van der Waals surface area contributed by atoms with Gasteiger partial charge in [-0.05, 0) is 0 Å². The minimum Gasteiger partial charge on any atom is -1.00 e. The number of rotatable bonds is 4. The summed E-state index contributed by atoms with van der Waals surface area (Å²) in [4.78, 5) is 0. The van der Waals surface area contributed by atoms with Crippen LogP contribution in [0, 0.1) is 0 Å². The molecule has 0 bridgehead atoms. The normalized spacial score (nSPS) is 16.2. The average molecular weight is 346 g/mol. The standard InChI is InChI=1S/C10H9.C4H11Si.2FH.Zr/c1-8-6-9-4-2-3-5-10(9)7-8;1-3-5-4-2;;;/h2-7H,1H3;5H,3-4H2,1-2H3;2*1H;/q;;;;+2/p-2. The van der Waals surface area contributed by atoms with Crippen molar-refractivity contribution in [3.8, 4) is 0 Å². The maximum Gasteiger partial charge on any atom is -1.00 e. The van der Waals surface area contributed by atoms with E-state index in [1.54, 1.807) is 11.1 Å². The van der Waals surface area contributed by atoms with Gasteiger partial charge in [0.25, 0.3) is 0 Å². The van der Waals surface area contributed by atoms with E-state index in [4.69, 9.17) is 0 Å². The zero-order chi connectivity index (χ0) is 11.5. The van der Waals surface area contributed by atoms with Gasteiger partial charge in [-0.25, -0.2) is 0 Å². The smallest absolute Gasteiger partial charge is 1.00 e. The Labute approximate surface area is 121 Å². The first-order valence-corrected chi connectivity index (χ1v) is 14.2. The molecule has 1 atom stereocenters. The number of allylic oxidation sites excluding steroid dienone is 1. The molecule has 2 rings (SSSR count). The molecule has 0 radical (unpaired) electrons. The topological polar surface area (TPSA) is 0 Å². The molecule has 0 N–H and O–H groups in total. The second-order valence-corrected chi connectivity index (χ2v) is 17.9. The summed E-state index contributed by atoms with van der Waals surface area (Å²) in [5, 5.41) is 0. The van der Waals surface area contributed by atoms with Crippen LogP contribution in [0.15, 0.2) is 29.8 Å². The molecule has 0 amide bonds. The Morgan fingerprint density at radius 2 is 1.72 bits per heavy atom. The van der Waals surface area contributed by atoms with E-state index in [2.05, 4.69) is 51.1 Å². The summed E-state index contributed by atoms with van der Waals surface area (Å²) in [7, 11) is 0. The maximum absolute atomic E-state index is 2.43. The van der Waals surface area contributed by atoms with Crippen molar-refractivity contribution < 1.29 is 31.8 Å². The Morgan fingerprint density at radius 3 is 2.33 bits per heavy atom. The van der Waals surface area contributed by atoms with E-state index in [0.717, 1.165) is 3.63 Å². The number of halogens is 2. The Kier molecular flexibility index (Phi) is 8.13. The van der Waals surface area contributed by atoms with Gasteiger partial charge in [0.1, 0.15) is 0 Å². The van der Waals surface area contributed by atoms with Crippen LogP contribution in [-0.4, -0.2) is 5.92 Å². The Bertz CT molecular complexity index is 403. The van der Waals surface area contributed by atoms with Gasteiger partial charge in [0.05, 0.1) is 0 Å². The van der Waals surface area contributed by atoms with E-state index in [0.29, 0.717) is 0 Å². The van der Waals surface area contributed by atoms with Crippen molar-refractivity contribution in [3.63, 3.8) is 0 Å². The minimum absolute atomic E-state index is 0. The van der Waals surface area contributed by atoms with Crippen LogP contribution in [0.2, 0.25) is 12.1 Å². The van der Waals surface area contributed by atoms with Crippen molar-refractivity contribution in [1.29, 1.82) is 0 Å². The number of hydrogen-bond donors (Lipinski definition) is 0. The van der Waals surface area contributed by atoms with Gasteiger partial charge in [0, 0.05) is 0 Å². The van der Waals surface area contributed by atoms with Crippen LogP contribution in [0.25, 0.3) is 6.08 Å².